The maximum absolute atomic E-state index is 12.3. The van der Waals surface area contributed by atoms with Gasteiger partial charge in [0.1, 0.15) is 0 Å². The molecular weight excluding hydrogens is 414 g/mol. The molecule has 31 heavy (non-hydrogen) atoms. The molecule has 8 nitrogen and oxygen atoms in total. The van der Waals surface area contributed by atoms with Crippen LogP contribution in [-0.2, 0) is 11.3 Å². The maximum Gasteiger partial charge on any atom is 0.321 e. The fraction of sp³-hybridized carbons (Fsp3) is 0.364. The molecule has 4 rings (SSSR count). The van der Waals surface area contributed by atoms with Crippen LogP contribution < -0.4 is 10.6 Å². The molecule has 1 aliphatic rings. The van der Waals surface area contributed by atoms with E-state index in [1.165, 1.54) is 18.2 Å². The minimum Gasteiger partial charge on any atom is -0.461 e. The van der Waals surface area contributed by atoms with Gasteiger partial charge in [0.25, 0.3) is 0 Å². The molecule has 0 spiro atoms. The third-order valence-corrected chi connectivity index (χ3v) is 6.13. The number of carbonyl (C=O) groups is 2. The summed E-state index contributed by atoms with van der Waals surface area (Å²) in [5.74, 6) is 0.883. The predicted molar refractivity (Wildman–Crippen MR) is 118 cm³/mol. The number of aromatic nitrogens is 3. The van der Waals surface area contributed by atoms with Gasteiger partial charge >= 0.3 is 6.03 Å². The van der Waals surface area contributed by atoms with Crippen molar-refractivity contribution in [3.8, 4) is 11.6 Å². The molecule has 9 heteroatoms. The number of imide groups is 1. The van der Waals surface area contributed by atoms with Gasteiger partial charge in [0, 0.05) is 6.04 Å². The van der Waals surface area contributed by atoms with Crippen molar-refractivity contribution in [3.05, 3.63) is 54.3 Å². The van der Waals surface area contributed by atoms with E-state index in [0.717, 1.165) is 31.2 Å². The van der Waals surface area contributed by atoms with Crippen LogP contribution in [0.25, 0.3) is 11.6 Å². The molecule has 162 valence electrons. The third-order valence-electron chi connectivity index (χ3n) is 5.17. The zero-order valence-corrected chi connectivity index (χ0v) is 17.9. The van der Waals surface area contributed by atoms with Crippen molar-refractivity contribution in [2.45, 2.75) is 49.8 Å². The number of hydrogen-bond donors (Lipinski definition) is 2. The summed E-state index contributed by atoms with van der Waals surface area (Å²) in [7, 11) is 0. The number of carbonyl (C=O) groups excluding carboxylic acids is 2. The van der Waals surface area contributed by atoms with Crippen molar-refractivity contribution in [1.29, 1.82) is 0 Å². The molecule has 2 N–H and O–H groups in total. The van der Waals surface area contributed by atoms with Crippen LogP contribution in [-0.4, -0.2) is 38.5 Å². The molecule has 0 bridgehead atoms. The lowest BCUT2D eigenvalue weighted by atomic mass is 9.96. The Balaban J connectivity index is 1.39. The fourth-order valence-electron chi connectivity index (χ4n) is 3.65. The molecule has 1 saturated carbocycles. The van der Waals surface area contributed by atoms with Crippen LogP contribution >= 0.6 is 11.8 Å². The predicted octanol–water partition coefficient (Wildman–Crippen LogP) is 3.84. The minimum absolute atomic E-state index is 0.0587. The monoisotopic (exact) mass is 439 g/mol. The van der Waals surface area contributed by atoms with E-state index >= 15 is 0 Å². The molecular formula is C22H25N5O3S. The number of hydrogen-bond acceptors (Lipinski definition) is 6. The molecule has 0 atom stereocenters. The summed E-state index contributed by atoms with van der Waals surface area (Å²) in [5, 5.41) is 14.4. The van der Waals surface area contributed by atoms with Gasteiger partial charge in [-0.1, -0.05) is 61.4 Å². The molecule has 0 unspecified atom stereocenters. The summed E-state index contributed by atoms with van der Waals surface area (Å²) in [6.07, 6.45) is 6.96. The number of urea groups is 1. The van der Waals surface area contributed by atoms with E-state index in [1.54, 1.807) is 12.3 Å². The first-order chi connectivity index (χ1) is 15.2. The van der Waals surface area contributed by atoms with Crippen LogP contribution in [0.15, 0.2) is 58.3 Å². The number of benzene rings is 1. The lowest BCUT2D eigenvalue weighted by Crippen LogP contribution is -2.45. The fourth-order valence-corrected chi connectivity index (χ4v) is 4.39. The second kappa shape index (κ2) is 10.3. The average molecular weight is 440 g/mol. The van der Waals surface area contributed by atoms with Gasteiger partial charge in [-0.2, -0.15) is 0 Å². The number of furan rings is 1. The maximum atomic E-state index is 12.3. The summed E-state index contributed by atoms with van der Waals surface area (Å²) in [5.41, 5.74) is 1.08. The highest BCUT2D eigenvalue weighted by atomic mass is 32.2. The van der Waals surface area contributed by atoms with E-state index in [-0.39, 0.29) is 17.7 Å². The van der Waals surface area contributed by atoms with Crippen LogP contribution in [0.2, 0.25) is 0 Å². The first-order valence-electron chi connectivity index (χ1n) is 10.4. The molecule has 0 radical (unpaired) electrons. The highest BCUT2D eigenvalue weighted by Crippen LogP contribution is 2.25. The van der Waals surface area contributed by atoms with E-state index in [4.69, 9.17) is 4.42 Å². The van der Waals surface area contributed by atoms with Crippen molar-refractivity contribution in [2.24, 2.45) is 0 Å². The molecule has 2 heterocycles. The number of thioether (sulfide) groups is 1. The molecule has 1 aromatic carbocycles. The van der Waals surface area contributed by atoms with Gasteiger partial charge in [-0.25, -0.2) is 4.79 Å². The van der Waals surface area contributed by atoms with Gasteiger partial charge in [-0.05, 0) is 30.5 Å². The van der Waals surface area contributed by atoms with Gasteiger partial charge in [0.15, 0.2) is 10.9 Å². The Kier molecular flexibility index (Phi) is 7.03. The van der Waals surface area contributed by atoms with Gasteiger partial charge < -0.3 is 9.73 Å². The Morgan fingerprint density at radius 2 is 1.87 bits per heavy atom. The largest absolute Gasteiger partial charge is 0.461 e. The number of amides is 3. The van der Waals surface area contributed by atoms with Crippen molar-refractivity contribution in [2.75, 3.05) is 5.75 Å². The van der Waals surface area contributed by atoms with Crippen molar-refractivity contribution in [3.63, 3.8) is 0 Å². The lowest BCUT2D eigenvalue weighted by molar-refractivity contribution is -0.117. The Labute approximate surface area is 184 Å². The van der Waals surface area contributed by atoms with Gasteiger partial charge in [0.05, 0.1) is 18.6 Å². The first kappa shape index (κ1) is 21.2. The van der Waals surface area contributed by atoms with Crippen LogP contribution in [0.4, 0.5) is 4.79 Å². The lowest BCUT2D eigenvalue weighted by Gasteiger charge is -2.22. The van der Waals surface area contributed by atoms with E-state index in [2.05, 4.69) is 20.8 Å². The Morgan fingerprint density at radius 1 is 1.06 bits per heavy atom. The first-order valence-corrected chi connectivity index (χ1v) is 11.4. The zero-order valence-electron chi connectivity index (χ0n) is 17.1. The summed E-state index contributed by atoms with van der Waals surface area (Å²) in [6, 6.07) is 13.3. The van der Waals surface area contributed by atoms with Crippen LogP contribution in [0, 0.1) is 0 Å². The average Bonchev–Trinajstić information content (AvgIpc) is 3.44. The van der Waals surface area contributed by atoms with E-state index < -0.39 is 6.03 Å². The highest BCUT2D eigenvalue weighted by molar-refractivity contribution is 7.99. The smallest absolute Gasteiger partial charge is 0.321 e. The molecule has 2 aromatic heterocycles. The van der Waals surface area contributed by atoms with Crippen molar-refractivity contribution >= 4 is 23.7 Å². The van der Waals surface area contributed by atoms with E-state index in [0.29, 0.717) is 23.3 Å². The third kappa shape index (κ3) is 5.75. The summed E-state index contributed by atoms with van der Waals surface area (Å²) in [6.45, 7) is 0.538. The summed E-state index contributed by atoms with van der Waals surface area (Å²) < 4.78 is 7.41. The van der Waals surface area contributed by atoms with E-state index in [9.17, 15) is 9.59 Å². The second-order valence-electron chi connectivity index (χ2n) is 7.50. The zero-order chi connectivity index (χ0) is 21.5. The number of nitrogens with zero attached hydrogens (tertiary/aromatic N) is 3. The molecule has 0 saturated heterocycles. The van der Waals surface area contributed by atoms with Crippen LogP contribution in [0.1, 0.15) is 37.7 Å². The van der Waals surface area contributed by atoms with Gasteiger partial charge in [-0.3, -0.25) is 14.7 Å². The second-order valence-corrected chi connectivity index (χ2v) is 8.44. The number of rotatable bonds is 7. The van der Waals surface area contributed by atoms with E-state index in [1.807, 2.05) is 41.0 Å². The molecule has 0 aliphatic heterocycles. The summed E-state index contributed by atoms with van der Waals surface area (Å²) in [4.78, 5) is 24.4. The Bertz CT molecular complexity index is 998. The van der Waals surface area contributed by atoms with Crippen molar-refractivity contribution in [1.82, 2.24) is 25.4 Å². The normalized spacial score (nSPS) is 14.3. The van der Waals surface area contributed by atoms with Crippen LogP contribution in [0.3, 0.4) is 0 Å². The minimum atomic E-state index is -0.431. The quantitative estimate of drug-likeness (QED) is 0.543. The topological polar surface area (TPSA) is 102 Å². The standard InChI is InChI=1S/C22H25N5O3S/c28-19(24-21(29)23-17-10-5-2-6-11-17)15-31-22-26-25-20(18-12-7-13-30-18)27(22)14-16-8-3-1-4-9-16/h1,3-4,7-9,12-13,17H,2,5-6,10-11,14-15H2,(H2,23,24,28,29). The van der Waals surface area contributed by atoms with Gasteiger partial charge in [0.2, 0.25) is 11.7 Å². The molecule has 1 aliphatic carbocycles. The SMILES string of the molecule is O=C(CSc1nnc(-c2ccco2)n1Cc1ccccc1)NC(=O)NC1CCCCC1. The van der Waals surface area contributed by atoms with Crippen molar-refractivity contribution < 1.29 is 14.0 Å². The highest BCUT2D eigenvalue weighted by Gasteiger charge is 2.20. The Morgan fingerprint density at radius 3 is 2.61 bits per heavy atom. The van der Waals surface area contributed by atoms with Gasteiger partial charge in [-0.15, -0.1) is 10.2 Å². The molecule has 1 fully saturated rings. The number of nitrogens with one attached hydrogen (secondary N) is 2. The summed E-state index contributed by atoms with van der Waals surface area (Å²) >= 11 is 1.24. The molecule has 3 aromatic rings. The molecule has 3 amide bonds. The van der Waals surface area contributed by atoms with Crippen LogP contribution in [0.5, 0.6) is 0 Å². The Hall–Kier alpha value is -3.07.